The molecule has 0 saturated heterocycles. The second kappa shape index (κ2) is 5.85. The van der Waals surface area contributed by atoms with E-state index in [0.717, 1.165) is 28.4 Å². The van der Waals surface area contributed by atoms with Crippen molar-refractivity contribution >= 4 is 11.3 Å². The highest BCUT2D eigenvalue weighted by Crippen LogP contribution is 2.23. The maximum absolute atomic E-state index is 9.01. The SMILES string of the molecule is CCc1nc(COc2cc(C)ccc2C)sc1C#N. The lowest BCUT2D eigenvalue weighted by Gasteiger charge is -2.08. The zero-order valence-corrected chi connectivity index (χ0v) is 12.2. The first-order valence-corrected chi connectivity index (χ1v) is 7.04. The van der Waals surface area contributed by atoms with Crippen molar-refractivity contribution in [1.29, 1.82) is 5.26 Å². The molecule has 0 radical (unpaired) electrons. The maximum Gasteiger partial charge on any atom is 0.140 e. The highest BCUT2D eigenvalue weighted by atomic mass is 32.1. The summed E-state index contributed by atoms with van der Waals surface area (Å²) < 4.78 is 5.80. The molecule has 3 nitrogen and oxygen atoms in total. The van der Waals surface area contributed by atoms with Crippen molar-refractivity contribution in [2.24, 2.45) is 0 Å². The van der Waals surface area contributed by atoms with E-state index in [9.17, 15) is 0 Å². The number of rotatable bonds is 4. The first kappa shape index (κ1) is 13.6. The molecule has 0 amide bonds. The van der Waals surface area contributed by atoms with Gasteiger partial charge in [0.15, 0.2) is 0 Å². The van der Waals surface area contributed by atoms with Gasteiger partial charge in [-0.05, 0) is 37.5 Å². The number of nitrogens with zero attached hydrogens (tertiary/aromatic N) is 2. The van der Waals surface area contributed by atoms with Crippen LogP contribution in [0.1, 0.15) is 33.6 Å². The summed E-state index contributed by atoms with van der Waals surface area (Å²) in [5.74, 6) is 0.881. The van der Waals surface area contributed by atoms with Crippen LogP contribution in [0.15, 0.2) is 18.2 Å². The van der Waals surface area contributed by atoms with Crippen molar-refractivity contribution in [3.8, 4) is 11.8 Å². The van der Waals surface area contributed by atoms with E-state index in [1.807, 2.05) is 32.9 Å². The minimum Gasteiger partial charge on any atom is -0.486 e. The molecule has 4 heteroatoms. The Morgan fingerprint density at radius 2 is 2.16 bits per heavy atom. The first-order chi connectivity index (χ1) is 9.13. The smallest absolute Gasteiger partial charge is 0.140 e. The van der Waals surface area contributed by atoms with Gasteiger partial charge in [0.05, 0.1) is 5.69 Å². The van der Waals surface area contributed by atoms with E-state index in [0.29, 0.717) is 11.5 Å². The summed E-state index contributed by atoms with van der Waals surface area (Å²) in [7, 11) is 0. The molecule has 98 valence electrons. The van der Waals surface area contributed by atoms with Crippen LogP contribution in [0.2, 0.25) is 0 Å². The fourth-order valence-electron chi connectivity index (χ4n) is 1.79. The number of thiazole rings is 1. The molecular weight excluding hydrogens is 256 g/mol. The largest absolute Gasteiger partial charge is 0.486 e. The second-order valence-corrected chi connectivity index (χ2v) is 5.49. The van der Waals surface area contributed by atoms with Gasteiger partial charge in [0.1, 0.15) is 28.3 Å². The Kier molecular flexibility index (Phi) is 4.18. The van der Waals surface area contributed by atoms with Crippen LogP contribution in [-0.4, -0.2) is 4.98 Å². The van der Waals surface area contributed by atoms with E-state index in [1.165, 1.54) is 16.9 Å². The van der Waals surface area contributed by atoms with Gasteiger partial charge in [-0.15, -0.1) is 11.3 Å². The van der Waals surface area contributed by atoms with Gasteiger partial charge in [0.2, 0.25) is 0 Å². The Morgan fingerprint density at radius 1 is 1.37 bits per heavy atom. The van der Waals surface area contributed by atoms with E-state index in [-0.39, 0.29) is 0 Å². The molecule has 1 aromatic carbocycles. The van der Waals surface area contributed by atoms with Gasteiger partial charge < -0.3 is 4.74 Å². The molecule has 2 rings (SSSR count). The third kappa shape index (κ3) is 3.12. The van der Waals surface area contributed by atoms with Crippen molar-refractivity contribution in [1.82, 2.24) is 4.98 Å². The summed E-state index contributed by atoms with van der Waals surface area (Å²) in [6.07, 6.45) is 0.781. The zero-order chi connectivity index (χ0) is 13.8. The van der Waals surface area contributed by atoms with E-state index in [4.69, 9.17) is 10.00 Å². The summed E-state index contributed by atoms with van der Waals surface area (Å²) >= 11 is 1.42. The van der Waals surface area contributed by atoms with E-state index < -0.39 is 0 Å². The molecule has 0 atom stereocenters. The molecule has 1 heterocycles. The number of hydrogen-bond acceptors (Lipinski definition) is 4. The summed E-state index contributed by atoms with van der Waals surface area (Å²) in [6.45, 7) is 6.49. The lowest BCUT2D eigenvalue weighted by molar-refractivity contribution is 0.303. The summed E-state index contributed by atoms with van der Waals surface area (Å²) in [6, 6.07) is 8.32. The van der Waals surface area contributed by atoms with E-state index >= 15 is 0 Å². The van der Waals surface area contributed by atoms with Crippen molar-refractivity contribution in [3.05, 3.63) is 44.9 Å². The average molecular weight is 272 g/mol. The van der Waals surface area contributed by atoms with Crippen molar-refractivity contribution in [2.75, 3.05) is 0 Å². The van der Waals surface area contributed by atoms with Gasteiger partial charge in [-0.1, -0.05) is 19.1 Å². The maximum atomic E-state index is 9.01. The minimum absolute atomic E-state index is 0.420. The molecule has 2 aromatic rings. The predicted molar refractivity (Wildman–Crippen MR) is 76.5 cm³/mol. The van der Waals surface area contributed by atoms with Gasteiger partial charge in [-0.3, -0.25) is 0 Å². The van der Waals surface area contributed by atoms with Crippen LogP contribution in [0, 0.1) is 25.2 Å². The number of benzene rings is 1. The van der Waals surface area contributed by atoms with Crippen LogP contribution in [0.4, 0.5) is 0 Å². The normalized spacial score (nSPS) is 10.2. The van der Waals surface area contributed by atoms with E-state index in [2.05, 4.69) is 17.1 Å². The van der Waals surface area contributed by atoms with Crippen molar-refractivity contribution < 1.29 is 4.74 Å². The van der Waals surface area contributed by atoms with Crippen LogP contribution in [0.25, 0.3) is 0 Å². The highest BCUT2D eigenvalue weighted by molar-refractivity contribution is 7.12. The molecule has 0 aliphatic rings. The van der Waals surface area contributed by atoms with Gasteiger partial charge in [0.25, 0.3) is 0 Å². The molecule has 0 aliphatic heterocycles. The highest BCUT2D eigenvalue weighted by Gasteiger charge is 2.10. The van der Waals surface area contributed by atoms with E-state index in [1.54, 1.807) is 0 Å². The van der Waals surface area contributed by atoms with Crippen LogP contribution in [0.3, 0.4) is 0 Å². The quantitative estimate of drug-likeness (QED) is 0.851. The van der Waals surface area contributed by atoms with Crippen LogP contribution in [-0.2, 0) is 13.0 Å². The molecule has 0 N–H and O–H groups in total. The number of nitriles is 1. The van der Waals surface area contributed by atoms with Crippen LogP contribution in [0.5, 0.6) is 5.75 Å². The lowest BCUT2D eigenvalue weighted by Crippen LogP contribution is -1.97. The second-order valence-electron chi connectivity index (χ2n) is 4.41. The van der Waals surface area contributed by atoms with Gasteiger partial charge in [0, 0.05) is 0 Å². The number of aromatic nitrogens is 1. The Morgan fingerprint density at radius 3 is 2.79 bits per heavy atom. The summed E-state index contributed by atoms with van der Waals surface area (Å²) in [5.41, 5.74) is 3.15. The summed E-state index contributed by atoms with van der Waals surface area (Å²) in [5, 5.41) is 9.86. The molecule has 1 aromatic heterocycles. The fraction of sp³-hybridized carbons (Fsp3) is 0.333. The average Bonchev–Trinajstić information content (AvgIpc) is 2.82. The molecule has 0 unspecified atom stereocenters. The number of aryl methyl sites for hydroxylation is 3. The van der Waals surface area contributed by atoms with Gasteiger partial charge in [-0.2, -0.15) is 5.26 Å². The fourth-order valence-corrected chi connectivity index (χ4v) is 2.65. The monoisotopic (exact) mass is 272 g/mol. The Bertz CT molecular complexity index is 626. The zero-order valence-electron chi connectivity index (χ0n) is 11.4. The molecule has 0 spiro atoms. The third-order valence-electron chi connectivity index (χ3n) is 2.87. The molecule has 0 bridgehead atoms. The predicted octanol–water partition coefficient (Wildman–Crippen LogP) is 3.77. The topological polar surface area (TPSA) is 45.9 Å². The molecule has 0 fully saturated rings. The Balaban J connectivity index is 2.12. The Hall–Kier alpha value is -1.86. The molecule has 0 aliphatic carbocycles. The van der Waals surface area contributed by atoms with Crippen molar-refractivity contribution in [2.45, 2.75) is 33.8 Å². The molecular formula is C15H16N2OS. The van der Waals surface area contributed by atoms with Crippen LogP contribution >= 0.6 is 11.3 Å². The first-order valence-electron chi connectivity index (χ1n) is 6.22. The summed E-state index contributed by atoms with van der Waals surface area (Å²) in [4.78, 5) is 5.13. The van der Waals surface area contributed by atoms with Crippen LogP contribution < -0.4 is 4.74 Å². The Labute approximate surface area is 117 Å². The van der Waals surface area contributed by atoms with Gasteiger partial charge in [-0.25, -0.2) is 4.98 Å². The number of hydrogen-bond donors (Lipinski definition) is 0. The van der Waals surface area contributed by atoms with Crippen molar-refractivity contribution in [3.63, 3.8) is 0 Å². The van der Waals surface area contributed by atoms with Gasteiger partial charge >= 0.3 is 0 Å². The molecule has 19 heavy (non-hydrogen) atoms. The standard InChI is InChI=1S/C15H16N2OS/c1-4-12-14(8-16)19-15(17-12)9-18-13-7-10(2)5-6-11(13)3/h5-7H,4,9H2,1-3H3. The minimum atomic E-state index is 0.420. The lowest BCUT2D eigenvalue weighted by atomic mass is 10.1. The number of ether oxygens (including phenoxy) is 1. The molecule has 0 saturated carbocycles. The third-order valence-corrected chi connectivity index (χ3v) is 3.85.